The van der Waals surface area contributed by atoms with Gasteiger partial charge in [-0.25, -0.2) is 0 Å². The monoisotopic (exact) mass is 423 g/mol. The Bertz CT molecular complexity index is 1170. The lowest BCUT2D eigenvalue weighted by molar-refractivity contribution is -0.115. The van der Waals surface area contributed by atoms with E-state index in [4.69, 9.17) is 11.6 Å². The molecule has 0 aliphatic carbocycles. The van der Waals surface area contributed by atoms with Crippen molar-refractivity contribution in [1.29, 1.82) is 0 Å². The predicted molar refractivity (Wildman–Crippen MR) is 122 cm³/mol. The van der Waals surface area contributed by atoms with Crippen molar-refractivity contribution >= 4 is 29.0 Å². The summed E-state index contributed by atoms with van der Waals surface area (Å²) >= 11 is 6.32. The minimum atomic E-state index is -1.05. The van der Waals surface area contributed by atoms with E-state index in [2.05, 4.69) is 0 Å². The van der Waals surface area contributed by atoms with Crippen molar-refractivity contribution in [3.05, 3.63) is 136 Å². The summed E-state index contributed by atoms with van der Waals surface area (Å²) in [5, 5.41) is 0.467. The van der Waals surface area contributed by atoms with Crippen LogP contribution in [0.4, 0.5) is 5.69 Å². The van der Waals surface area contributed by atoms with E-state index < -0.39 is 17.2 Å². The number of carbonyl (C=O) groups is 2. The molecule has 0 spiro atoms. The number of benzene rings is 4. The van der Waals surface area contributed by atoms with Gasteiger partial charge in [-0.1, -0.05) is 103 Å². The van der Waals surface area contributed by atoms with Crippen LogP contribution in [-0.4, -0.2) is 11.7 Å². The van der Waals surface area contributed by atoms with Crippen LogP contribution in [0.5, 0.6) is 0 Å². The molecule has 5 rings (SSSR count). The van der Waals surface area contributed by atoms with E-state index in [9.17, 15) is 9.59 Å². The normalized spacial score (nSPS) is 13.4. The largest absolute Gasteiger partial charge is 0.300 e. The summed E-state index contributed by atoms with van der Waals surface area (Å²) in [5.41, 5.74) is 2.46. The Morgan fingerprint density at radius 1 is 0.613 bits per heavy atom. The maximum atomic E-state index is 13.6. The van der Waals surface area contributed by atoms with E-state index >= 15 is 0 Å². The van der Waals surface area contributed by atoms with Gasteiger partial charge in [-0.15, -0.1) is 0 Å². The molecule has 0 fully saturated rings. The Morgan fingerprint density at radius 3 is 1.52 bits per heavy atom. The molecule has 0 bridgehead atoms. The lowest BCUT2D eigenvalue weighted by Gasteiger charge is -2.43. The number of ketones is 1. The fraction of sp³-hybridized carbons (Fsp3) is 0.0370. The van der Waals surface area contributed by atoms with E-state index in [-0.39, 0.29) is 0 Å². The zero-order valence-corrected chi connectivity index (χ0v) is 17.3. The minimum absolute atomic E-state index is 0.363. The third-order valence-corrected chi connectivity index (χ3v) is 5.99. The molecule has 0 radical (unpaired) electrons. The molecule has 4 aromatic carbocycles. The zero-order chi connectivity index (χ0) is 21.4. The van der Waals surface area contributed by atoms with Crippen molar-refractivity contribution in [2.24, 2.45) is 0 Å². The number of fused-ring (bicyclic) bond motifs is 1. The van der Waals surface area contributed by atoms with Crippen LogP contribution < -0.4 is 4.90 Å². The molecule has 1 aliphatic heterocycles. The van der Waals surface area contributed by atoms with Crippen molar-refractivity contribution < 1.29 is 9.59 Å². The molecule has 3 nitrogen and oxygen atoms in total. The third kappa shape index (κ3) is 2.89. The number of amides is 1. The summed E-state index contributed by atoms with van der Waals surface area (Å²) in [7, 11) is 0. The van der Waals surface area contributed by atoms with Gasteiger partial charge in [-0.05, 0) is 34.9 Å². The molecule has 0 saturated carbocycles. The van der Waals surface area contributed by atoms with E-state index in [1.165, 1.54) is 0 Å². The Hall–Kier alpha value is -3.69. The highest BCUT2D eigenvalue weighted by atomic mass is 35.5. The van der Waals surface area contributed by atoms with Crippen molar-refractivity contribution in [1.82, 2.24) is 0 Å². The van der Waals surface area contributed by atoms with E-state index in [0.29, 0.717) is 16.3 Å². The first-order valence-corrected chi connectivity index (χ1v) is 10.4. The molecule has 4 aromatic rings. The summed E-state index contributed by atoms with van der Waals surface area (Å²) in [5.74, 6) is -1.10. The number of hydrogen-bond donors (Lipinski definition) is 0. The van der Waals surface area contributed by atoms with Crippen molar-refractivity contribution in [3.8, 4) is 0 Å². The standard InChI is InChI=1S/C27H18ClNO2/c28-22-16-17-23-24(18-22)29(26(31)25(23)30)27(19-10-4-1-5-11-19,20-12-6-2-7-13-20)21-14-8-3-9-15-21/h1-18H. The summed E-state index contributed by atoms with van der Waals surface area (Å²) < 4.78 is 0. The van der Waals surface area contributed by atoms with Crippen LogP contribution in [0.25, 0.3) is 0 Å². The molecule has 150 valence electrons. The number of carbonyl (C=O) groups excluding carboxylic acids is 2. The SMILES string of the molecule is O=C1C(=O)N(C(c2ccccc2)(c2ccccc2)c2ccccc2)c2cc(Cl)ccc21. The highest BCUT2D eigenvalue weighted by Crippen LogP contribution is 2.48. The average Bonchev–Trinajstić information content (AvgIpc) is 3.07. The molecule has 0 unspecified atom stereocenters. The second-order valence-corrected chi connectivity index (χ2v) is 7.88. The predicted octanol–water partition coefficient (Wildman–Crippen LogP) is 5.86. The van der Waals surface area contributed by atoms with E-state index in [1.807, 2.05) is 91.0 Å². The Labute approximate surface area is 185 Å². The average molecular weight is 424 g/mol. The molecule has 0 atom stereocenters. The fourth-order valence-electron chi connectivity index (χ4n) is 4.47. The lowest BCUT2D eigenvalue weighted by atomic mass is 9.75. The minimum Gasteiger partial charge on any atom is -0.286 e. The highest BCUT2D eigenvalue weighted by molar-refractivity contribution is 6.53. The number of anilines is 1. The first-order chi connectivity index (χ1) is 15.1. The Balaban J connectivity index is 1.94. The lowest BCUT2D eigenvalue weighted by Crippen LogP contribution is -2.51. The number of hydrogen-bond acceptors (Lipinski definition) is 2. The van der Waals surface area contributed by atoms with Crippen LogP contribution in [0.2, 0.25) is 5.02 Å². The summed E-state index contributed by atoms with van der Waals surface area (Å²) in [4.78, 5) is 28.2. The van der Waals surface area contributed by atoms with Gasteiger partial charge in [0.1, 0.15) is 5.54 Å². The molecule has 4 heteroatoms. The van der Waals surface area contributed by atoms with Crippen LogP contribution in [0.15, 0.2) is 109 Å². The van der Waals surface area contributed by atoms with Gasteiger partial charge < -0.3 is 0 Å². The molecule has 0 saturated heterocycles. The van der Waals surface area contributed by atoms with Gasteiger partial charge in [0.25, 0.3) is 5.78 Å². The van der Waals surface area contributed by atoms with E-state index in [0.717, 1.165) is 16.7 Å². The maximum absolute atomic E-state index is 13.6. The Kier molecular flexibility index (Phi) is 4.68. The van der Waals surface area contributed by atoms with Crippen LogP contribution >= 0.6 is 11.6 Å². The van der Waals surface area contributed by atoms with Gasteiger partial charge in [0, 0.05) is 5.02 Å². The summed E-state index contributed by atoms with van der Waals surface area (Å²) in [6, 6.07) is 34.3. The number of halogens is 1. The van der Waals surface area contributed by atoms with Crippen LogP contribution in [-0.2, 0) is 10.3 Å². The topological polar surface area (TPSA) is 37.4 Å². The molecular weight excluding hydrogens is 406 g/mol. The van der Waals surface area contributed by atoms with Crippen molar-refractivity contribution in [3.63, 3.8) is 0 Å². The number of rotatable bonds is 4. The summed E-state index contributed by atoms with van der Waals surface area (Å²) in [6.07, 6.45) is 0. The van der Waals surface area contributed by atoms with Gasteiger partial charge >= 0.3 is 5.91 Å². The second kappa shape index (κ2) is 7.53. The second-order valence-electron chi connectivity index (χ2n) is 7.44. The molecule has 0 N–H and O–H groups in total. The highest BCUT2D eigenvalue weighted by Gasteiger charge is 2.51. The van der Waals surface area contributed by atoms with Crippen molar-refractivity contribution in [2.45, 2.75) is 5.54 Å². The quantitative estimate of drug-likeness (QED) is 0.304. The Morgan fingerprint density at radius 2 is 1.06 bits per heavy atom. The van der Waals surface area contributed by atoms with Gasteiger partial charge in [0.15, 0.2) is 0 Å². The first kappa shape index (κ1) is 19.3. The van der Waals surface area contributed by atoms with Crippen LogP contribution in [0.3, 0.4) is 0 Å². The molecule has 0 aromatic heterocycles. The van der Waals surface area contributed by atoms with Gasteiger partial charge in [-0.2, -0.15) is 0 Å². The maximum Gasteiger partial charge on any atom is 0.300 e. The number of Topliss-reactive ketones (excluding diaryl/α,β-unsaturated/α-hetero) is 1. The molecule has 1 amide bonds. The van der Waals surface area contributed by atoms with Gasteiger partial charge in [0.05, 0.1) is 11.3 Å². The smallest absolute Gasteiger partial charge is 0.286 e. The first-order valence-electron chi connectivity index (χ1n) is 9.99. The summed E-state index contributed by atoms with van der Waals surface area (Å²) in [6.45, 7) is 0. The van der Waals surface area contributed by atoms with Crippen molar-refractivity contribution in [2.75, 3.05) is 4.90 Å². The number of nitrogens with zero attached hydrogens (tertiary/aromatic N) is 1. The zero-order valence-electron chi connectivity index (χ0n) is 16.5. The van der Waals surface area contributed by atoms with Crippen LogP contribution in [0, 0.1) is 0 Å². The van der Waals surface area contributed by atoms with Gasteiger partial charge in [0.2, 0.25) is 0 Å². The van der Waals surface area contributed by atoms with Gasteiger partial charge in [-0.3, -0.25) is 14.5 Å². The molecule has 1 heterocycles. The molecule has 31 heavy (non-hydrogen) atoms. The van der Waals surface area contributed by atoms with E-state index in [1.54, 1.807) is 23.1 Å². The third-order valence-electron chi connectivity index (χ3n) is 5.75. The van der Waals surface area contributed by atoms with Crippen LogP contribution in [0.1, 0.15) is 27.0 Å². The fourth-order valence-corrected chi connectivity index (χ4v) is 4.63. The molecule has 1 aliphatic rings. The molecular formula is C27H18ClNO2.